The SMILES string of the molecule is CCC(C)(C)C(=O)[CH]c1ccc(OS(=O)(=O)C(F)(F)C(F)(F)C(F)(F)S(=O)(=O)[N-]S(=O)(=O)C(F)(F)F)cc1. The molecular formula is C17H16F9NO8S3-. The number of alkyl halides is 9. The molecule has 0 fully saturated rings. The molecule has 0 aliphatic heterocycles. The molecule has 0 amide bonds. The fourth-order valence-electron chi connectivity index (χ4n) is 2.03. The van der Waals surface area contributed by atoms with Crippen molar-refractivity contribution in [3.8, 4) is 5.75 Å². The number of nitrogens with zero attached hydrogens (tertiary/aromatic N) is 1. The van der Waals surface area contributed by atoms with Crippen molar-refractivity contribution >= 4 is 35.9 Å². The first-order valence-corrected chi connectivity index (χ1v) is 13.8. The van der Waals surface area contributed by atoms with Crippen LogP contribution in [0.5, 0.6) is 5.75 Å². The van der Waals surface area contributed by atoms with Crippen molar-refractivity contribution in [1.29, 1.82) is 0 Å². The Kier molecular flexibility index (Phi) is 9.03. The molecule has 0 unspecified atom stereocenters. The Labute approximate surface area is 210 Å². The molecule has 1 radical (unpaired) electrons. The zero-order valence-electron chi connectivity index (χ0n) is 18.9. The molecule has 1 rings (SSSR count). The van der Waals surface area contributed by atoms with E-state index in [-0.39, 0.29) is 5.56 Å². The molecule has 0 bridgehead atoms. The van der Waals surface area contributed by atoms with E-state index in [1.807, 2.05) is 0 Å². The van der Waals surface area contributed by atoms with Gasteiger partial charge < -0.3 is 8.31 Å². The highest BCUT2D eigenvalue weighted by molar-refractivity contribution is 8.13. The lowest BCUT2D eigenvalue weighted by Crippen LogP contribution is -2.61. The van der Waals surface area contributed by atoms with Crippen LogP contribution in [0.1, 0.15) is 32.8 Å². The standard InChI is InChI=1S/C17H16F9NO8S3/c1-4-13(2,3)12(28)9-10-5-7-11(8-6-10)35-38(33,34)16(22,23)14(18,19)15(20,21)36(29,30)27-37(31,32)17(24,25)26/h5-9H,4H2,1-3H3/q-1. The summed E-state index contributed by atoms with van der Waals surface area (Å²) in [6.07, 6.45) is 1.43. The maximum atomic E-state index is 14.1. The number of hydrogen-bond acceptors (Lipinski definition) is 8. The Hall–Kier alpha value is -2.13. The van der Waals surface area contributed by atoms with Gasteiger partial charge in [0.1, 0.15) is 11.5 Å². The van der Waals surface area contributed by atoms with Crippen LogP contribution >= 0.6 is 0 Å². The third-order valence-electron chi connectivity index (χ3n) is 4.79. The third-order valence-corrected chi connectivity index (χ3v) is 9.15. The van der Waals surface area contributed by atoms with Crippen molar-refractivity contribution in [2.75, 3.05) is 0 Å². The second-order valence-corrected chi connectivity index (χ2v) is 13.0. The van der Waals surface area contributed by atoms with Gasteiger partial charge in [-0.3, -0.25) is 4.79 Å². The summed E-state index contributed by atoms with van der Waals surface area (Å²) < 4.78 is 192. The van der Waals surface area contributed by atoms with Gasteiger partial charge >= 0.3 is 32.1 Å². The number of benzene rings is 1. The highest BCUT2D eigenvalue weighted by atomic mass is 32.3. The van der Waals surface area contributed by atoms with Crippen molar-refractivity contribution in [1.82, 2.24) is 0 Å². The molecule has 0 aliphatic rings. The summed E-state index contributed by atoms with van der Waals surface area (Å²) in [7, 11) is -22.8. The maximum Gasteiger partial charge on any atom is 0.480 e. The van der Waals surface area contributed by atoms with Crippen LogP contribution in [0.2, 0.25) is 0 Å². The van der Waals surface area contributed by atoms with E-state index in [2.05, 4.69) is 4.18 Å². The van der Waals surface area contributed by atoms with Crippen molar-refractivity contribution in [2.24, 2.45) is 5.41 Å². The lowest BCUT2D eigenvalue weighted by molar-refractivity contribution is -0.245. The van der Waals surface area contributed by atoms with Gasteiger partial charge in [0, 0.05) is 5.41 Å². The summed E-state index contributed by atoms with van der Waals surface area (Å²) in [5.74, 6) is -9.29. The number of carbonyl (C=O) groups is 1. The van der Waals surface area contributed by atoms with Crippen molar-refractivity contribution in [3.63, 3.8) is 0 Å². The Morgan fingerprint density at radius 3 is 1.66 bits per heavy atom. The van der Waals surface area contributed by atoms with Gasteiger partial charge in [-0.05, 0) is 24.1 Å². The smallest absolute Gasteiger partial charge is 0.423 e. The van der Waals surface area contributed by atoms with Crippen LogP contribution in [0.3, 0.4) is 0 Å². The minimum atomic E-state index is -8.01. The Morgan fingerprint density at radius 2 is 1.26 bits per heavy atom. The molecule has 9 nitrogen and oxygen atoms in total. The first-order valence-electron chi connectivity index (χ1n) is 9.46. The Balaban J connectivity index is 3.33. The van der Waals surface area contributed by atoms with E-state index in [1.54, 1.807) is 20.8 Å². The number of carbonyl (C=O) groups excluding carboxylic acids is 1. The molecule has 1 aromatic carbocycles. The predicted octanol–water partition coefficient (Wildman–Crippen LogP) is 4.33. The number of sulfonamides is 2. The molecule has 0 aliphatic carbocycles. The second kappa shape index (κ2) is 10.1. The monoisotopic (exact) mass is 629 g/mol. The van der Waals surface area contributed by atoms with Crippen LogP contribution in [0.4, 0.5) is 39.5 Å². The van der Waals surface area contributed by atoms with Crippen molar-refractivity contribution in [3.05, 3.63) is 40.4 Å². The minimum absolute atomic E-state index is 0.0310. The number of halogens is 9. The first-order chi connectivity index (χ1) is 16.6. The molecule has 0 N–H and O–H groups in total. The Morgan fingerprint density at radius 1 is 0.816 bits per heavy atom. The van der Waals surface area contributed by atoms with E-state index in [0.717, 1.165) is 18.6 Å². The zero-order valence-corrected chi connectivity index (χ0v) is 21.4. The summed E-state index contributed by atoms with van der Waals surface area (Å²) in [5, 5.41) is -14.7. The summed E-state index contributed by atoms with van der Waals surface area (Å²) in [5.41, 5.74) is -7.55. The molecule has 219 valence electrons. The van der Waals surface area contributed by atoms with Gasteiger partial charge in [0.15, 0.2) is 20.0 Å². The maximum absolute atomic E-state index is 14.1. The average molecular weight is 629 g/mol. The largest absolute Gasteiger partial charge is 0.480 e. The van der Waals surface area contributed by atoms with E-state index >= 15 is 0 Å². The van der Waals surface area contributed by atoms with Crippen molar-refractivity contribution < 1.29 is 73.7 Å². The van der Waals surface area contributed by atoms with Gasteiger partial charge in [-0.1, -0.05) is 32.9 Å². The number of rotatable bonds is 12. The summed E-state index contributed by atoms with van der Waals surface area (Å²) in [6.45, 7) is 4.82. The molecule has 0 saturated carbocycles. The first kappa shape index (κ1) is 33.9. The van der Waals surface area contributed by atoms with E-state index in [0.29, 0.717) is 22.7 Å². The lowest BCUT2D eigenvalue weighted by Gasteiger charge is -2.35. The average Bonchev–Trinajstić information content (AvgIpc) is 2.72. The fraction of sp³-hybridized carbons (Fsp3) is 0.529. The minimum Gasteiger partial charge on any atom is -0.423 e. The second-order valence-electron chi connectivity index (χ2n) is 7.93. The lowest BCUT2D eigenvalue weighted by atomic mass is 9.82. The zero-order chi connectivity index (χ0) is 30.4. The van der Waals surface area contributed by atoms with E-state index < -0.39 is 69.1 Å². The van der Waals surface area contributed by atoms with Crippen LogP contribution in [0, 0.1) is 11.8 Å². The van der Waals surface area contributed by atoms with Crippen LogP contribution in [0.25, 0.3) is 4.13 Å². The van der Waals surface area contributed by atoms with Gasteiger partial charge in [-0.2, -0.15) is 47.9 Å². The molecule has 38 heavy (non-hydrogen) atoms. The fourth-order valence-corrected chi connectivity index (χ4v) is 5.20. The van der Waals surface area contributed by atoms with Crippen molar-refractivity contribution in [2.45, 2.75) is 49.1 Å². The number of hydrogen-bond donors (Lipinski definition) is 0. The van der Waals surface area contributed by atoms with Gasteiger partial charge in [0.25, 0.3) is 0 Å². The van der Waals surface area contributed by atoms with Gasteiger partial charge in [-0.15, -0.1) is 0 Å². The van der Waals surface area contributed by atoms with Crippen LogP contribution in [-0.4, -0.2) is 53.0 Å². The van der Waals surface area contributed by atoms with Crippen LogP contribution in [0.15, 0.2) is 24.3 Å². The van der Waals surface area contributed by atoms with Gasteiger partial charge in [0.2, 0.25) is 0 Å². The molecule has 21 heteroatoms. The normalized spacial score (nSPS) is 14.8. The topological polar surface area (TPSA) is 143 Å². The molecular weight excluding hydrogens is 613 g/mol. The molecule has 0 spiro atoms. The summed E-state index contributed by atoms with van der Waals surface area (Å²) in [6, 6.07) is 2.77. The quantitative estimate of drug-likeness (QED) is 0.246. The van der Waals surface area contributed by atoms with Gasteiger partial charge in [0.05, 0.1) is 6.42 Å². The van der Waals surface area contributed by atoms with Gasteiger partial charge in [-0.25, -0.2) is 16.8 Å². The van der Waals surface area contributed by atoms with Crippen LogP contribution in [-0.2, 0) is 35.0 Å². The summed E-state index contributed by atoms with van der Waals surface area (Å²) >= 11 is 0. The molecule has 0 atom stereocenters. The third kappa shape index (κ3) is 6.19. The molecule has 0 saturated heterocycles. The summed E-state index contributed by atoms with van der Waals surface area (Å²) in [4.78, 5) is 12.1. The van der Waals surface area contributed by atoms with Crippen LogP contribution < -0.4 is 4.18 Å². The number of ketones is 1. The molecule has 1 aromatic rings. The highest BCUT2D eigenvalue weighted by Crippen LogP contribution is 2.53. The molecule has 0 heterocycles. The Bertz CT molecular complexity index is 1370. The molecule has 0 aromatic heterocycles. The van der Waals surface area contributed by atoms with E-state index in [1.165, 1.54) is 0 Å². The highest BCUT2D eigenvalue weighted by Gasteiger charge is 2.81. The van der Waals surface area contributed by atoms with E-state index in [4.69, 9.17) is 0 Å². The predicted molar refractivity (Wildman–Crippen MR) is 111 cm³/mol. The number of Topliss-reactive ketones (excluding diaryl/α,β-unsaturated/α-hetero) is 1. The van der Waals surface area contributed by atoms with E-state index in [9.17, 15) is 69.6 Å².